The second-order valence-electron chi connectivity index (χ2n) is 5.97. The molecule has 0 aliphatic heterocycles. The number of nitrogens with zero attached hydrogens (tertiary/aromatic N) is 1. The van der Waals surface area contributed by atoms with E-state index >= 15 is 0 Å². The molecule has 0 aliphatic rings. The first-order chi connectivity index (χ1) is 14.3. The van der Waals surface area contributed by atoms with Crippen LogP contribution in [0.1, 0.15) is 30.7 Å². The van der Waals surface area contributed by atoms with Gasteiger partial charge in [0.05, 0.1) is 24.3 Å². The molecule has 168 valence electrons. The monoisotopic (exact) mass is 467 g/mol. The van der Waals surface area contributed by atoms with Crippen molar-refractivity contribution >= 4 is 13.7 Å². The first-order valence-electron chi connectivity index (χ1n) is 8.75. The topological polar surface area (TPSA) is 72.5 Å². The van der Waals surface area contributed by atoms with E-state index < -0.39 is 42.0 Å². The number of hydrogen-bond acceptors (Lipinski definition) is 5. The van der Waals surface area contributed by atoms with Gasteiger partial charge in [-0.25, -0.2) is 0 Å². The van der Waals surface area contributed by atoms with Crippen LogP contribution in [0.25, 0.3) is 17.4 Å². The summed E-state index contributed by atoms with van der Waals surface area (Å²) in [5.74, 6) is -0.458. The third-order valence-electron chi connectivity index (χ3n) is 3.79. The highest BCUT2D eigenvalue weighted by molar-refractivity contribution is 7.59. The molecule has 2 aromatic rings. The summed E-state index contributed by atoms with van der Waals surface area (Å²) in [4.78, 5) is 0. The number of rotatable bonds is 7. The summed E-state index contributed by atoms with van der Waals surface area (Å²) >= 11 is 0. The Morgan fingerprint density at radius 2 is 1.55 bits per heavy atom. The van der Waals surface area contributed by atoms with Gasteiger partial charge in [-0.1, -0.05) is 0 Å². The number of halogens is 6. The van der Waals surface area contributed by atoms with E-state index in [9.17, 15) is 36.2 Å². The third-order valence-corrected chi connectivity index (χ3v) is 5.80. The van der Waals surface area contributed by atoms with Crippen molar-refractivity contribution in [2.24, 2.45) is 0 Å². The second kappa shape index (κ2) is 9.30. The van der Waals surface area contributed by atoms with Crippen LogP contribution in [0.15, 0.2) is 40.1 Å². The number of benzene rings is 1. The minimum Gasteiger partial charge on any atom is -0.457 e. The average molecular weight is 467 g/mol. The van der Waals surface area contributed by atoms with Crippen LogP contribution in [0, 0.1) is 11.3 Å². The number of furan rings is 1. The van der Waals surface area contributed by atoms with Gasteiger partial charge in [-0.2, -0.15) is 31.6 Å². The lowest BCUT2D eigenvalue weighted by Crippen LogP contribution is -2.11. The standard InChI is InChI=1S/C19H16F6NO4P/c1-3-28-31(27,29-4-2)16(11-26)10-15-5-6-17(30-15)12-7-13(18(20,21)22)9-14(8-12)19(23,24)25/h5-10H,3-4H2,1-2H3/b16-10+. The first kappa shape index (κ1) is 24.7. The average Bonchev–Trinajstić information content (AvgIpc) is 3.13. The maximum atomic E-state index is 13.0. The van der Waals surface area contributed by atoms with E-state index in [2.05, 4.69) is 0 Å². The fourth-order valence-electron chi connectivity index (χ4n) is 2.51. The molecular weight excluding hydrogens is 451 g/mol. The Labute approximate surface area is 173 Å². The van der Waals surface area contributed by atoms with Crippen molar-refractivity contribution in [3.63, 3.8) is 0 Å². The molecule has 0 saturated heterocycles. The molecule has 0 spiro atoms. The van der Waals surface area contributed by atoms with Crippen LogP contribution >= 0.6 is 7.60 Å². The Hall–Kier alpha value is -2.54. The molecule has 0 atom stereocenters. The zero-order valence-corrected chi connectivity index (χ0v) is 17.1. The van der Waals surface area contributed by atoms with Gasteiger partial charge < -0.3 is 13.5 Å². The smallest absolute Gasteiger partial charge is 0.416 e. The van der Waals surface area contributed by atoms with Crippen molar-refractivity contribution in [3.8, 4) is 17.4 Å². The van der Waals surface area contributed by atoms with E-state index in [0.29, 0.717) is 12.1 Å². The summed E-state index contributed by atoms with van der Waals surface area (Å²) in [6.07, 6.45) is -9.03. The van der Waals surface area contributed by atoms with Crippen molar-refractivity contribution in [3.05, 3.63) is 52.5 Å². The molecule has 0 unspecified atom stereocenters. The lowest BCUT2D eigenvalue weighted by atomic mass is 10.0. The van der Waals surface area contributed by atoms with Gasteiger partial charge in [0.1, 0.15) is 22.9 Å². The fourth-order valence-corrected chi connectivity index (χ4v) is 3.95. The van der Waals surface area contributed by atoms with Crippen molar-refractivity contribution in [2.45, 2.75) is 26.2 Å². The van der Waals surface area contributed by atoms with Crippen LogP contribution in [0.2, 0.25) is 0 Å². The maximum absolute atomic E-state index is 13.0. The van der Waals surface area contributed by atoms with E-state index in [-0.39, 0.29) is 30.8 Å². The Balaban J connectivity index is 2.54. The first-order valence-corrected chi connectivity index (χ1v) is 10.3. The Morgan fingerprint density at radius 3 is 1.97 bits per heavy atom. The molecule has 0 radical (unpaired) electrons. The van der Waals surface area contributed by atoms with Crippen LogP contribution in [-0.4, -0.2) is 13.2 Å². The van der Waals surface area contributed by atoms with Gasteiger partial charge in [0.25, 0.3) is 0 Å². The van der Waals surface area contributed by atoms with Gasteiger partial charge in [0.2, 0.25) is 0 Å². The predicted molar refractivity (Wildman–Crippen MR) is 98.6 cm³/mol. The molecule has 0 bridgehead atoms. The zero-order valence-electron chi connectivity index (χ0n) is 16.2. The molecule has 5 nitrogen and oxygen atoms in total. The Kier molecular flexibility index (Phi) is 7.42. The summed E-state index contributed by atoms with van der Waals surface area (Å²) in [7, 11) is -3.98. The molecule has 31 heavy (non-hydrogen) atoms. The van der Waals surface area contributed by atoms with E-state index in [0.717, 1.165) is 12.1 Å². The van der Waals surface area contributed by atoms with Crippen molar-refractivity contribution < 1.29 is 44.4 Å². The van der Waals surface area contributed by atoms with Crippen molar-refractivity contribution in [2.75, 3.05) is 13.2 Å². The van der Waals surface area contributed by atoms with E-state index in [1.807, 2.05) is 0 Å². The summed E-state index contributed by atoms with van der Waals surface area (Å²) in [6.45, 7) is 2.98. The van der Waals surface area contributed by atoms with Crippen LogP contribution in [-0.2, 0) is 26.0 Å². The predicted octanol–water partition coefficient (Wildman–Crippen LogP) is 7.11. The number of nitriles is 1. The van der Waals surface area contributed by atoms with E-state index in [1.165, 1.54) is 19.9 Å². The molecule has 0 aliphatic carbocycles. The van der Waals surface area contributed by atoms with Crippen LogP contribution in [0.4, 0.5) is 26.3 Å². The SMILES string of the molecule is CCOP(=O)(OCC)/C(C#N)=C/c1ccc(-c2cc(C(F)(F)F)cc(C(F)(F)F)c2)o1. The highest BCUT2D eigenvalue weighted by Gasteiger charge is 2.37. The van der Waals surface area contributed by atoms with Gasteiger partial charge >= 0.3 is 19.9 Å². The molecule has 0 N–H and O–H groups in total. The Bertz CT molecular complexity index is 1010. The van der Waals surface area contributed by atoms with Crippen LogP contribution in [0.3, 0.4) is 0 Å². The highest BCUT2D eigenvalue weighted by atomic mass is 31.2. The van der Waals surface area contributed by atoms with Crippen LogP contribution < -0.4 is 0 Å². The van der Waals surface area contributed by atoms with Crippen molar-refractivity contribution in [1.29, 1.82) is 5.26 Å². The third kappa shape index (κ3) is 6.00. The van der Waals surface area contributed by atoms with Gasteiger partial charge in [-0.05, 0) is 44.2 Å². The molecule has 1 heterocycles. The van der Waals surface area contributed by atoms with Gasteiger partial charge in [-0.15, -0.1) is 0 Å². The fraction of sp³-hybridized carbons (Fsp3) is 0.316. The summed E-state index contributed by atoms with van der Waals surface area (Å²) in [5, 5.41) is 8.88. The Morgan fingerprint density at radius 1 is 1.03 bits per heavy atom. The van der Waals surface area contributed by atoms with Crippen molar-refractivity contribution in [1.82, 2.24) is 0 Å². The molecular formula is C19H16F6NO4P. The number of alkyl halides is 6. The molecule has 0 saturated carbocycles. The lowest BCUT2D eigenvalue weighted by molar-refractivity contribution is -0.143. The van der Waals surface area contributed by atoms with E-state index in [4.69, 9.17) is 13.5 Å². The molecule has 0 fully saturated rings. The minimum atomic E-state index is -5.01. The van der Waals surface area contributed by atoms with E-state index in [1.54, 1.807) is 6.07 Å². The minimum absolute atomic E-state index is 0.00147. The zero-order chi connectivity index (χ0) is 23.4. The quantitative estimate of drug-likeness (QED) is 0.246. The summed E-state index contributed by atoms with van der Waals surface area (Å²) < 4.78 is 106. The maximum Gasteiger partial charge on any atom is 0.416 e. The molecule has 0 amide bonds. The molecule has 2 rings (SSSR count). The number of hydrogen-bond donors (Lipinski definition) is 0. The van der Waals surface area contributed by atoms with Crippen LogP contribution in [0.5, 0.6) is 0 Å². The van der Waals surface area contributed by atoms with Gasteiger partial charge in [0, 0.05) is 11.6 Å². The largest absolute Gasteiger partial charge is 0.457 e. The molecule has 1 aromatic carbocycles. The summed E-state index contributed by atoms with van der Waals surface area (Å²) in [6, 6.07) is 5.01. The van der Waals surface area contributed by atoms with Gasteiger partial charge in [0.15, 0.2) is 0 Å². The normalized spacial score (nSPS) is 13.3. The number of allylic oxidation sites excluding steroid dienone is 1. The molecule has 12 heteroatoms. The lowest BCUT2D eigenvalue weighted by Gasteiger charge is -2.15. The highest BCUT2D eigenvalue weighted by Crippen LogP contribution is 2.56. The van der Waals surface area contributed by atoms with Gasteiger partial charge in [-0.3, -0.25) is 4.57 Å². The summed E-state index contributed by atoms with van der Waals surface area (Å²) in [5.41, 5.74) is -3.47. The molecule has 1 aromatic heterocycles. The second-order valence-corrected chi connectivity index (χ2v) is 7.96.